The average molecular weight is 807 g/mol. The first kappa shape index (κ1) is 55.4. The quantitative estimate of drug-likeness (QED) is 0.0347. The monoisotopic (exact) mass is 807 g/mol. The molecule has 0 aromatic carbocycles. The van der Waals surface area contributed by atoms with Crippen molar-refractivity contribution >= 4 is 17.9 Å². The molecule has 0 saturated heterocycles. The average Bonchev–Trinajstić information content (AvgIpc) is 3.18. The van der Waals surface area contributed by atoms with Gasteiger partial charge in [0.1, 0.15) is 13.2 Å². The number of hydrogen-bond acceptors (Lipinski definition) is 6. The van der Waals surface area contributed by atoms with Crippen LogP contribution in [0, 0.1) is 17.8 Å². The fourth-order valence-electron chi connectivity index (χ4n) is 7.55. The lowest BCUT2D eigenvalue weighted by molar-refractivity contribution is -0.167. The second-order valence-corrected chi connectivity index (χ2v) is 18.6. The minimum absolute atomic E-state index is 0.0656. The maximum absolute atomic E-state index is 12.7. The molecule has 0 aliphatic carbocycles. The zero-order valence-electron chi connectivity index (χ0n) is 39.1. The van der Waals surface area contributed by atoms with Crippen LogP contribution in [-0.2, 0) is 28.6 Å². The second-order valence-electron chi connectivity index (χ2n) is 18.6. The Bertz CT molecular complexity index is 885. The molecule has 57 heavy (non-hydrogen) atoms. The molecule has 0 radical (unpaired) electrons. The third-order valence-corrected chi connectivity index (χ3v) is 11.8. The summed E-state index contributed by atoms with van der Waals surface area (Å²) in [5.41, 5.74) is 0. The minimum atomic E-state index is -0.763. The highest BCUT2D eigenvalue weighted by molar-refractivity contribution is 5.71. The van der Waals surface area contributed by atoms with E-state index in [9.17, 15) is 14.4 Å². The normalized spacial score (nSPS) is 12.6. The van der Waals surface area contributed by atoms with Gasteiger partial charge < -0.3 is 14.2 Å². The van der Waals surface area contributed by atoms with E-state index in [1.165, 1.54) is 154 Å². The summed E-state index contributed by atoms with van der Waals surface area (Å²) in [6, 6.07) is 0. The van der Waals surface area contributed by atoms with E-state index in [2.05, 4.69) is 41.5 Å². The van der Waals surface area contributed by atoms with Gasteiger partial charge in [0.25, 0.3) is 0 Å². The first-order valence-electron chi connectivity index (χ1n) is 25.1. The summed E-state index contributed by atoms with van der Waals surface area (Å²) in [7, 11) is 0. The van der Waals surface area contributed by atoms with Crippen molar-refractivity contribution in [3.05, 3.63) is 0 Å². The molecular formula is C51H98O6. The molecule has 6 heteroatoms. The highest BCUT2D eigenvalue weighted by Gasteiger charge is 2.19. The number of carbonyl (C=O) groups excluding carboxylic acids is 3. The lowest BCUT2D eigenvalue weighted by atomic mass is 9.99. The summed E-state index contributed by atoms with van der Waals surface area (Å²) in [4.78, 5) is 37.8. The summed E-state index contributed by atoms with van der Waals surface area (Å²) in [5, 5.41) is 0. The van der Waals surface area contributed by atoms with Crippen molar-refractivity contribution in [2.24, 2.45) is 17.8 Å². The van der Waals surface area contributed by atoms with E-state index >= 15 is 0 Å². The lowest BCUT2D eigenvalue weighted by Crippen LogP contribution is -2.30. The summed E-state index contributed by atoms with van der Waals surface area (Å²) in [5.74, 6) is 1.61. The van der Waals surface area contributed by atoms with Crippen molar-refractivity contribution in [2.45, 2.75) is 279 Å². The van der Waals surface area contributed by atoms with Crippen molar-refractivity contribution in [2.75, 3.05) is 13.2 Å². The van der Waals surface area contributed by atoms with Crippen LogP contribution in [0.4, 0.5) is 0 Å². The van der Waals surface area contributed by atoms with E-state index < -0.39 is 6.10 Å². The van der Waals surface area contributed by atoms with Gasteiger partial charge in [-0.1, -0.05) is 234 Å². The molecule has 6 nitrogen and oxygen atoms in total. The highest BCUT2D eigenvalue weighted by Crippen LogP contribution is 2.18. The van der Waals surface area contributed by atoms with Gasteiger partial charge in [0.05, 0.1) is 0 Å². The van der Waals surface area contributed by atoms with E-state index in [1.54, 1.807) is 0 Å². The zero-order valence-corrected chi connectivity index (χ0v) is 39.1. The molecule has 0 heterocycles. The van der Waals surface area contributed by atoms with Crippen molar-refractivity contribution in [3.63, 3.8) is 0 Å². The third kappa shape index (κ3) is 43.8. The topological polar surface area (TPSA) is 78.9 Å². The fraction of sp³-hybridized carbons (Fsp3) is 0.941. The van der Waals surface area contributed by atoms with Crippen LogP contribution in [-0.4, -0.2) is 37.2 Å². The maximum atomic E-state index is 12.7. The molecule has 0 bridgehead atoms. The smallest absolute Gasteiger partial charge is 0.306 e. The van der Waals surface area contributed by atoms with E-state index in [1.807, 2.05) is 0 Å². The van der Waals surface area contributed by atoms with Gasteiger partial charge in [0.15, 0.2) is 6.10 Å². The summed E-state index contributed by atoms with van der Waals surface area (Å²) < 4.78 is 16.8. The predicted octanol–water partition coefficient (Wildman–Crippen LogP) is 16.0. The summed E-state index contributed by atoms with van der Waals surface area (Å²) >= 11 is 0. The second kappa shape index (κ2) is 42.5. The number of hydrogen-bond donors (Lipinski definition) is 0. The van der Waals surface area contributed by atoms with E-state index in [-0.39, 0.29) is 31.1 Å². The molecule has 0 aliphatic heterocycles. The Kier molecular flexibility index (Phi) is 41.3. The molecule has 338 valence electrons. The van der Waals surface area contributed by atoms with Crippen LogP contribution in [0.1, 0.15) is 273 Å². The standard InChI is InChI=1S/C51H98O6/c1-7-47(6)39-33-27-21-16-17-23-30-36-42-51(54)57-48(44-56-50(53)41-35-29-24-18-20-26-32-38-46(4)5)43-55-49(52)40-34-28-22-15-13-11-9-8-10-12-14-19-25-31-37-45(2)3/h45-48H,7-44H2,1-6H3/t47?,48-/m0/s1. The molecule has 0 rings (SSSR count). The Morgan fingerprint density at radius 2 is 0.614 bits per heavy atom. The van der Waals surface area contributed by atoms with Gasteiger partial charge in [-0.15, -0.1) is 0 Å². The van der Waals surface area contributed by atoms with E-state index in [4.69, 9.17) is 14.2 Å². The Hall–Kier alpha value is -1.59. The number of ether oxygens (including phenoxy) is 3. The summed E-state index contributed by atoms with van der Waals surface area (Å²) in [6.45, 7) is 13.7. The molecule has 0 saturated carbocycles. The van der Waals surface area contributed by atoms with Crippen LogP contribution in [0.15, 0.2) is 0 Å². The van der Waals surface area contributed by atoms with Gasteiger partial charge in [-0.05, 0) is 37.0 Å². The molecule has 0 aromatic heterocycles. The van der Waals surface area contributed by atoms with Gasteiger partial charge >= 0.3 is 17.9 Å². The van der Waals surface area contributed by atoms with Gasteiger partial charge in [0, 0.05) is 19.3 Å². The first-order valence-corrected chi connectivity index (χ1v) is 25.1. The van der Waals surface area contributed by atoms with Crippen molar-refractivity contribution in [1.82, 2.24) is 0 Å². The Balaban J connectivity index is 4.29. The van der Waals surface area contributed by atoms with Crippen LogP contribution in [0.2, 0.25) is 0 Å². The van der Waals surface area contributed by atoms with Crippen LogP contribution < -0.4 is 0 Å². The molecular weight excluding hydrogens is 709 g/mol. The number of esters is 3. The van der Waals surface area contributed by atoms with Gasteiger partial charge in [-0.3, -0.25) is 14.4 Å². The van der Waals surface area contributed by atoms with Gasteiger partial charge in [-0.25, -0.2) is 0 Å². The van der Waals surface area contributed by atoms with Crippen molar-refractivity contribution in [1.29, 1.82) is 0 Å². The van der Waals surface area contributed by atoms with Crippen LogP contribution in [0.25, 0.3) is 0 Å². The maximum Gasteiger partial charge on any atom is 0.306 e. The molecule has 0 aliphatic rings. The minimum Gasteiger partial charge on any atom is -0.462 e. The van der Waals surface area contributed by atoms with Crippen molar-refractivity contribution in [3.8, 4) is 0 Å². The van der Waals surface area contributed by atoms with Crippen LogP contribution >= 0.6 is 0 Å². The zero-order chi connectivity index (χ0) is 42.0. The van der Waals surface area contributed by atoms with Crippen molar-refractivity contribution < 1.29 is 28.6 Å². The van der Waals surface area contributed by atoms with Crippen LogP contribution in [0.5, 0.6) is 0 Å². The molecule has 0 amide bonds. The molecule has 0 aromatic rings. The molecule has 0 spiro atoms. The number of rotatable bonds is 44. The molecule has 2 atom stereocenters. The van der Waals surface area contributed by atoms with Gasteiger partial charge in [0.2, 0.25) is 0 Å². The largest absolute Gasteiger partial charge is 0.462 e. The highest BCUT2D eigenvalue weighted by atomic mass is 16.6. The van der Waals surface area contributed by atoms with E-state index in [0.29, 0.717) is 19.3 Å². The third-order valence-electron chi connectivity index (χ3n) is 11.8. The van der Waals surface area contributed by atoms with Crippen LogP contribution in [0.3, 0.4) is 0 Å². The van der Waals surface area contributed by atoms with Gasteiger partial charge in [-0.2, -0.15) is 0 Å². The number of unbranched alkanes of at least 4 members (excludes halogenated alkanes) is 26. The predicted molar refractivity (Wildman–Crippen MR) is 243 cm³/mol. The molecule has 1 unspecified atom stereocenters. The molecule has 0 N–H and O–H groups in total. The Morgan fingerprint density at radius 3 is 0.912 bits per heavy atom. The number of carbonyl (C=O) groups is 3. The lowest BCUT2D eigenvalue weighted by Gasteiger charge is -2.18. The Labute approximate surface area is 355 Å². The summed E-state index contributed by atoms with van der Waals surface area (Å²) in [6.07, 6.45) is 40.9. The fourth-order valence-corrected chi connectivity index (χ4v) is 7.55. The Morgan fingerprint density at radius 1 is 0.351 bits per heavy atom. The van der Waals surface area contributed by atoms with E-state index in [0.717, 1.165) is 75.5 Å². The molecule has 0 fully saturated rings. The first-order chi connectivity index (χ1) is 27.6. The SMILES string of the molecule is CCC(C)CCCCCCCCCCC(=O)O[C@@H](COC(=O)CCCCCCCCCCCCCCCCC(C)C)COC(=O)CCCCCCCCCC(C)C.